The molecule has 7 heteroatoms. The second-order valence-electron chi connectivity index (χ2n) is 2.72. The number of nitrogens with two attached hydrogens (primary N) is 1. The number of alkyl halides is 3. The highest BCUT2D eigenvalue weighted by molar-refractivity contribution is 7.85. The second-order valence-corrected chi connectivity index (χ2v) is 4.24. The summed E-state index contributed by atoms with van der Waals surface area (Å²) in [6, 6.07) is 1.96. The molecule has 0 aliphatic carbocycles. The molecule has 0 saturated carbocycles. The monoisotopic (exact) mass is 268 g/mol. The predicted octanol–water partition coefficient (Wildman–Crippen LogP) is 2.19. The summed E-state index contributed by atoms with van der Waals surface area (Å²) in [5.41, 5.74) is 4.31. The van der Waals surface area contributed by atoms with Crippen molar-refractivity contribution in [3.8, 4) is 0 Å². The Bertz CT molecular complexity index is 352. The number of nitrogens with zero attached hydrogens (tertiary/aromatic N) is 1. The van der Waals surface area contributed by atoms with Gasteiger partial charge in [-0.05, 0) is 12.1 Å². The standard InChI is InChI=1S/C8H9F3N2OS.C2H6/c9-8(10,11)6-1-2-7(13-5-6)15(14)4-3-12;1-2/h1-2,5H,3-4,12H2;1-2H3. The van der Waals surface area contributed by atoms with Gasteiger partial charge in [0.1, 0.15) is 5.03 Å². The van der Waals surface area contributed by atoms with Crippen LogP contribution in [-0.2, 0) is 17.0 Å². The minimum atomic E-state index is -4.42. The van der Waals surface area contributed by atoms with Crippen molar-refractivity contribution in [3.05, 3.63) is 23.9 Å². The van der Waals surface area contributed by atoms with Gasteiger partial charge in [-0.3, -0.25) is 4.21 Å². The molecule has 1 aromatic rings. The molecule has 0 aliphatic rings. The Labute approximate surface area is 101 Å². The molecular weight excluding hydrogens is 253 g/mol. The molecule has 0 radical (unpaired) electrons. The van der Waals surface area contributed by atoms with Gasteiger partial charge < -0.3 is 5.73 Å². The molecule has 1 heterocycles. The van der Waals surface area contributed by atoms with Crippen LogP contribution in [0.25, 0.3) is 0 Å². The summed E-state index contributed by atoms with van der Waals surface area (Å²) < 4.78 is 47.7. The van der Waals surface area contributed by atoms with Gasteiger partial charge >= 0.3 is 6.18 Å². The first-order valence-electron chi connectivity index (χ1n) is 5.07. The van der Waals surface area contributed by atoms with Crippen molar-refractivity contribution in [1.29, 1.82) is 0 Å². The number of hydrogen-bond donors (Lipinski definition) is 1. The van der Waals surface area contributed by atoms with E-state index in [0.29, 0.717) is 6.20 Å². The lowest BCUT2D eigenvalue weighted by Crippen LogP contribution is -2.12. The van der Waals surface area contributed by atoms with E-state index in [1.165, 1.54) is 0 Å². The topological polar surface area (TPSA) is 56.0 Å². The van der Waals surface area contributed by atoms with Crippen molar-refractivity contribution < 1.29 is 17.4 Å². The summed E-state index contributed by atoms with van der Waals surface area (Å²) in [6.07, 6.45) is -3.75. The van der Waals surface area contributed by atoms with Gasteiger partial charge in [-0.2, -0.15) is 13.2 Å². The van der Waals surface area contributed by atoms with Crippen LogP contribution in [0.2, 0.25) is 0 Å². The first-order valence-corrected chi connectivity index (χ1v) is 6.38. The Balaban J connectivity index is 0.00000121. The summed E-state index contributed by atoms with van der Waals surface area (Å²) in [4.78, 5) is 3.49. The molecule has 1 aromatic heterocycles. The Kier molecular flexibility index (Phi) is 6.98. The van der Waals surface area contributed by atoms with E-state index in [0.717, 1.165) is 12.1 Å². The molecule has 0 fully saturated rings. The third-order valence-corrected chi connectivity index (χ3v) is 2.91. The SMILES string of the molecule is CC.NCCS(=O)c1ccc(C(F)(F)F)cn1. The van der Waals surface area contributed by atoms with Crippen LogP contribution in [0.4, 0.5) is 13.2 Å². The van der Waals surface area contributed by atoms with Gasteiger partial charge in [-0.25, -0.2) is 4.98 Å². The fourth-order valence-corrected chi connectivity index (χ4v) is 1.71. The van der Waals surface area contributed by atoms with Crippen LogP contribution in [-0.4, -0.2) is 21.5 Å². The lowest BCUT2D eigenvalue weighted by molar-refractivity contribution is -0.137. The lowest BCUT2D eigenvalue weighted by atomic mass is 10.3. The molecule has 0 aromatic carbocycles. The van der Waals surface area contributed by atoms with Crippen molar-refractivity contribution in [2.75, 3.05) is 12.3 Å². The van der Waals surface area contributed by atoms with E-state index in [1.807, 2.05) is 13.8 Å². The van der Waals surface area contributed by atoms with E-state index in [2.05, 4.69) is 4.98 Å². The molecule has 2 N–H and O–H groups in total. The maximum absolute atomic E-state index is 12.1. The van der Waals surface area contributed by atoms with Gasteiger partial charge in [0.25, 0.3) is 0 Å². The van der Waals surface area contributed by atoms with Gasteiger partial charge in [-0.15, -0.1) is 0 Å². The highest BCUT2D eigenvalue weighted by Gasteiger charge is 2.30. The molecule has 98 valence electrons. The van der Waals surface area contributed by atoms with Gasteiger partial charge in [0.2, 0.25) is 0 Å². The molecule has 0 bridgehead atoms. The Morgan fingerprint density at radius 3 is 2.29 bits per heavy atom. The average Bonchev–Trinajstić information content (AvgIpc) is 2.31. The highest BCUT2D eigenvalue weighted by Crippen LogP contribution is 2.28. The normalized spacial score (nSPS) is 12.6. The fraction of sp³-hybridized carbons (Fsp3) is 0.500. The average molecular weight is 268 g/mol. The third-order valence-electron chi connectivity index (χ3n) is 1.60. The van der Waals surface area contributed by atoms with Crippen LogP contribution in [0, 0.1) is 0 Å². The van der Waals surface area contributed by atoms with Gasteiger partial charge in [0, 0.05) is 18.5 Å². The molecule has 0 saturated heterocycles. The van der Waals surface area contributed by atoms with Crippen molar-refractivity contribution in [2.24, 2.45) is 5.73 Å². The van der Waals surface area contributed by atoms with Crippen LogP contribution < -0.4 is 5.73 Å². The van der Waals surface area contributed by atoms with Crippen LogP contribution in [0.15, 0.2) is 23.4 Å². The molecular formula is C10H15F3N2OS. The van der Waals surface area contributed by atoms with Crippen molar-refractivity contribution >= 4 is 10.8 Å². The van der Waals surface area contributed by atoms with Gasteiger partial charge in [-0.1, -0.05) is 13.8 Å². The number of pyridine rings is 1. The number of hydrogen-bond acceptors (Lipinski definition) is 3. The minimum Gasteiger partial charge on any atom is -0.330 e. The zero-order valence-electron chi connectivity index (χ0n) is 9.62. The van der Waals surface area contributed by atoms with Crippen LogP contribution in [0.3, 0.4) is 0 Å². The molecule has 0 amide bonds. The first-order chi connectivity index (χ1) is 7.95. The highest BCUT2D eigenvalue weighted by atomic mass is 32.2. The molecule has 3 nitrogen and oxygen atoms in total. The molecule has 1 rings (SSSR count). The smallest absolute Gasteiger partial charge is 0.330 e. The largest absolute Gasteiger partial charge is 0.417 e. The molecule has 1 atom stereocenters. The van der Waals surface area contributed by atoms with Gasteiger partial charge in [0.05, 0.1) is 16.4 Å². The lowest BCUT2D eigenvalue weighted by Gasteiger charge is -2.06. The van der Waals surface area contributed by atoms with Crippen molar-refractivity contribution in [3.63, 3.8) is 0 Å². The van der Waals surface area contributed by atoms with Crippen LogP contribution in [0.1, 0.15) is 19.4 Å². The summed E-state index contributed by atoms with van der Waals surface area (Å²) in [5, 5.41) is 0.119. The predicted molar refractivity (Wildman–Crippen MR) is 60.9 cm³/mol. The summed E-state index contributed by atoms with van der Waals surface area (Å²) in [6.45, 7) is 4.20. The number of aromatic nitrogens is 1. The van der Waals surface area contributed by atoms with E-state index in [1.54, 1.807) is 0 Å². The van der Waals surface area contributed by atoms with Gasteiger partial charge in [0.15, 0.2) is 0 Å². The third kappa shape index (κ3) is 5.27. The Morgan fingerprint density at radius 1 is 1.35 bits per heavy atom. The van der Waals surface area contributed by atoms with Crippen LogP contribution >= 0.6 is 0 Å². The summed E-state index contributed by atoms with van der Waals surface area (Å²) in [5.74, 6) is 0.193. The fourth-order valence-electron chi connectivity index (χ4n) is 0.894. The minimum absolute atomic E-state index is 0.119. The summed E-state index contributed by atoms with van der Waals surface area (Å²) >= 11 is 0. The van der Waals surface area contributed by atoms with E-state index < -0.39 is 22.5 Å². The zero-order valence-corrected chi connectivity index (χ0v) is 10.4. The molecule has 0 aliphatic heterocycles. The van der Waals surface area contributed by atoms with Crippen LogP contribution in [0.5, 0.6) is 0 Å². The van der Waals surface area contributed by atoms with E-state index >= 15 is 0 Å². The van der Waals surface area contributed by atoms with Crippen molar-refractivity contribution in [1.82, 2.24) is 4.98 Å². The summed E-state index contributed by atoms with van der Waals surface area (Å²) in [7, 11) is -1.42. The van der Waals surface area contributed by atoms with E-state index in [4.69, 9.17) is 5.73 Å². The zero-order chi connectivity index (χ0) is 13.5. The quantitative estimate of drug-likeness (QED) is 0.914. The maximum Gasteiger partial charge on any atom is 0.417 e. The van der Waals surface area contributed by atoms with E-state index in [9.17, 15) is 17.4 Å². The molecule has 17 heavy (non-hydrogen) atoms. The Hall–Kier alpha value is -0.950. The number of halogens is 3. The first kappa shape index (κ1) is 16.1. The van der Waals surface area contributed by atoms with E-state index in [-0.39, 0.29) is 17.3 Å². The maximum atomic E-state index is 12.1. The second kappa shape index (κ2) is 7.39. The Morgan fingerprint density at radius 2 is 1.94 bits per heavy atom. The van der Waals surface area contributed by atoms with Crippen molar-refractivity contribution in [2.45, 2.75) is 25.0 Å². The molecule has 0 spiro atoms. The molecule has 1 unspecified atom stereocenters. The number of rotatable bonds is 3.